The van der Waals surface area contributed by atoms with Gasteiger partial charge >= 0.3 is 0 Å². The number of halogens is 1. The Kier molecular flexibility index (Phi) is 3.31. The van der Waals surface area contributed by atoms with E-state index in [0.717, 1.165) is 16.9 Å². The second-order valence-corrected chi connectivity index (χ2v) is 4.47. The molecule has 0 aliphatic rings. The minimum absolute atomic E-state index is 0.198. The maximum absolute atomic E-state index is 13.9. The highest BCUT2D eigenvalue weighted by Gasteiger charge is 2.09. The van der Waals surface area contributed by atoms with Gasteiger partial charge in [0.05, 0.1) is 17.6 Å². The lowest BCUT2D eigenvalue weighted by atomic mass is 10.1. The third-order valence-corrected chi connectivity index (χ3v) is 3.21. The molecule has 0 spiro atoms. The van der Waals surface area contributed by atoms with Crippen molar-refractivity contribution < 1.29 is 4.39 Å². The number of hydrogen-bond donors (Lipinski definition) is 1. The summed E-state index contributed by atoms with van der Waals surface area (Å²) in [5.74, 6) is -0.286. The van der Waals surface area contributed by atoms with E-state index in [0.29, 0.717) is 5.56 Å². The first-order chi connectivity index (χ1) is 9.79. The predicted molar refractivity (Wildman–Crippen MR) is 76.8 cm³/mol. The maximum atomic E-state index is 13.9. The molecule has 0 unspecified atom stereocenters. The van der Waals surface area contributed by atoms with Gasteiger partial charge in [-0.05, 0) is 24.3 Å². The van der Waals surface area contributed by atoms with Gasteiger partial charge in [0.2, 0.25) is 0 Å². The van der Waals surface area contributed by atoms with Gasteiger partial charge in [0.15, 0.2) is 0 Å². The van der Waals surface area contributed by atoms with E-state index < -0.39 is 0 Å². The molecule has 0 amide bonds. The molecule has 0 aliphatic carbocycles. The normalized spacial score (nSPS) is 10.7. The first-order valence-electron chi connectivity index (χ1n) is 6.38. The molecule has 0 saturated heterocycles. The summed E-state index contributed by atoms with van der Waals surface area (Å²) in [5.41, 5.74) is 8.56. The topological polar surface area (TPSA) is 43.8 Å². The van der Waals surface area contributed by atoms with Crippen molar-refractivity contribution in [3.8, 4) is 16.9 Å². The molecule has 1 heterocycles. The van der Waals surface area contributed by atoms with Crippen molar-refractivity contribution in [1.82, 2.24) is 9.78 Å². The van der Waals surface area contributed by atoms with Crippen LogP contribution in [0.1, 0.15) is 5.56 Å². The summed E-state index contributed by atoms with van der Waals surface area (Å²) in [6, 6.07) is 16.7. The second-order valence-electron chi connectivity index (χ2n) is 4.47. The van der Waals surface area contributed by atoms with Gasteiger partial charge in [-0.15, -0.1) is 0 Å². The van der Waals surface area contributed by atoms with E-state index in [9.17, 15) is 4.39 Å². The molecule has 20 heavy (non-hydrogen) atoms. The van der Waals surface area contributed by atoms with Gasteiger partial charge in [-0.2, -0.15) is 5.10 Å². The van der Waals surface area contributed by atoms with E-state index in [1.54, 1.807) is 16.9 Å². The first kappa shape index (κ1) is 12.6. The van der Waals surface area contributed by atoms with Crippen LogP contribution in [0.5, 0.6) is 0 Å². The molecule has 3 nitrogen and oxygen atoms in total. The van der Waals surface area contributed by atoms with E-state index >= 15 is 0 Å². The molecular weight excluding hydrogens is 253 g/mol. The van der Waals surface area contributed by atoms with Crippen molar-refractivity contribution in [3.05, 3.63) is 72.2 Å². The van der Waals surface area contributed by atoms with Crippen LogP contribution < -0.4 is 5.73 Å². The van der Waals surface area contributed by atoms with Crippen molar-refractivity contribution in [2.45, 2.75) is 6.54 Å². The van der Waals surface area contributed by atoms with Crippen LogP contribution in [0.3, 0.4) is 0 Å². The lowest BCUT2D eigenvalue weighted by molar-refractivity contribution is 0.611. The van der Waals surface area contributed by atoms with E-state index in [-0.39, 0.29) is 12.4 Å². The fraction of sp³-hybridized carbons (Fsp3) is 0.0625. The molecule has 0 aliphatic heterocycles. The minimum atomic E-state index is -0.286. The molecule has 0 atom stereocenters. The van der Waals surface area contributed by atoms with Crippen LogP contribution >= 0.6 is 0 Å². The summed E-state index contributed by atoms with van der Waals surface area (Å²) < 4.78 is 15.7. The van der Waals surface area contributed by atoms with Crippen LogP contribution in [0.4, 0.5) is 4.39 Å². The molecule has 100 valence electrons. The fourth-order valence-electron chi connectivity index (χ4n) is 2.17. The Morgan fingerprint density at radius 2 is 1.85 bits per heavy atom. The number of nitrogens with two attached hydrogens (primary N) is 1. The van der Waals surface area contributed by atoms with E-state index in [1.807, 2.05) is 42.5 Å². The summed E-state index contributed by atoms with van der Waals surface area (Å²) in [7, 11) is 0. The zero-order valence-corrected chi connectivity index (χ0v) is 10.8. The molecule has 3 aromatic rings. The molecule has 4 heteroatoms. The molecular formula is C16H14FN3. The third kappa shape index (κ3) is 2.21. The number of hydrogen-bond acceptors (Lipinski definition) is 2. The van der Waals surface area contributed by atoms with Crippen LogP contribution in [0.25, 0.3) is 16.9 Å². The van der Waals surface area contributed by atoms with E-state index in [2.05, 4.69) is 5.10 Å². The molecule has 3 rings (SSSR count). The SMILES string of the molecule is NCc1ccc(-c2ccnn2-c2ccccc2)cc1F. The molecule has 2 aromatic carbocycles. The Bertz CT molecular complexity index is 720. The van der Waals surface area contributed by atoms with Gasteiger partial charge < -0.3 is 5.73 Å². The van der Waals surface area contributed by atoms with Gasteiger partial charge in [0.1, 0.15) is 5.82 Å². The van der Waals surface area contributed by atoms with Crippen molar-refractivity contribution >= 4 is 0 Å². The quantitative estimate of drug-likeness (QED) is 0.792. The Morgan fingerprint density at radius 3 is 2.55 bits per heavy atom. The zero-order valence-electron chi connectivity index (χ0n) is 10.8. The minimum Gasteiger partial charge on any atom is -0.326 e. The molecule has 0 bridgehead atoms. The van der Waals surface area contributed by atoms with Crippen LogP contribution in [0, 0.1) is 5.82 Å². The van der Waals surface area contributed by atoms with Crippen molar-refractivity contribution in [3.63, 3.8) is 0 Å². The zero-order chi connectivity index (χ0) is 13.9. The van der Waals surface area contributed by atoms with Crippen LogP contribution in [-0.4, -0.2) is 9.78 Å². The smallest absolute Gasteiger partial charge is 0.128 e. The van der Waals surface area contributed by atoms with Crippen LogP contribution in [0.2, 0.25) is 0 Å². The number of aromatic nitrogens is 2. The van der Waals surface area contributed by atoms with E-state index in [4.69, 9.17) is 5.73 Å². The number of para-hydroxylation sites is 1. The predicted octanol–water partition coefficient (Wildman–Crippen LogP) is 3.14. The highest BCUT2D eigenvalue weighted by molar-refractivity contribution is 5.62. The van der Waals surface area contributed by atoms with Crippen molar-refractivity contribution in [2.75, 3.05) is 0 Å². The standard InChI is InChI=1S/C16H14FN3/c17-15-10-12(6-7-13(15)11-18)16-8-9-19-20(16)14-4-2-1-3-5-14/h1-10H,11,18H2. The average molecular weight is 267 g/mol. The summed E-state index contributed by atoms with van der Waals surface area (Å²) >= 11 is 0. The average Bonchev–Trinajstić information content (AvgIpc) is 2.97. The lowest BCUT2D eigenvalue weighted by Gasteiger charge is -2.08. The molecule has 0 fully saturated rings. The highest BCUT2D eigenvalue weighted by atomic mass is 19.1. The monoisotopic (exact) mass is 267 g/mol. The van der Waals surface area contributed by atoms with Gasteiger partial charge in [-0.25, -0.2) is 9.07 Å². The van der Waals surface area contributed by atoms with Crippen molar-refractivity contribution in [2.24, 2.45) is 5.73 Å². The Hall–Kier alpha value is -2.46. The molecule has 0 radical (unpaired) electrons. The van der Waals surface area contributed by atoms with Crippen LogP contribution in [-0.2, 0) is 6.54 Å². The Morgan fingerprint density at radius 1 is 1.05 bits per heavy atom. The highest BCUT2D eigenvalue weighted by Crippen LogP contribution is 2.24. The first-order valence-corrected chi connectivity index (χ1v) is 6.38. The van der Waals surface area contributed by atoms with Gasteiger partial charge in [0.25, 0.3) is 0 Å². The molecule has 2 N–H and O–H groups in total. The Balaban J connectivity index is 2.08. The summed E-state index contributed by atoms with van der Waals surface area (Å²) in [5, 5.41) is 4.30. The van der Waals surface area contributed by atoms with E-state index in [1.165, 1.54) is 6.07 Å². The number of nitrogens with zero attached hydrogens (tertiary/aromatic N) is 2. The molecule has 0 saturated carbocycles. The van der Waals surface area contributed by atoms with Crippen molar-refractivity contribution in [1.29, 1.82) is 0 Å². The fourth-order valence-corrected chi connectivity index (χ4v) is 2.17. The number of rotatable bonds is 3. The third-order valence-electron chi connectivity index (χ3n) is 3.21. The Labute approximate surface area is 116 Å². The van der Waals surface area contributed by atoms with Crippen LogP contribution in [0.15, 0.2) is 60.8 Å². The largest absolute Gasteiger partial charge is 0.326 e. The molecule has 1 aromatic heterocycles. The van der Waals surface area contributed by atoms with Gasteiger partial charge in [-0.1, -0.05) is 30.3 Å². The van der Waals surface area contributed by atoms with Gasteiger partial charge in [0, 0.05) is 17.7 Å². The summed E-state index contributed by atoms with van der Waals surface area (Å²) in [4.78, 5) is 0. The number of benzene rings is 2. The van der Waals surface area contributed by atoms with Gasteiger partial charge in [-0.3, -0.25) is 0 Å². The summed E-state index contributed by atoms with van der Waals surface area (Å²) in [6.07, 6.45) is 1.71. The second kappa shape index (κ2) is 5.27. The maximum Gasteiger partial charge on any atom is 0.128 e. The summed E-state index contributed by atoms with van der Waals surface area (Å²) in [6.45, 7) is 0.198. The lowest BCUT2D eigenvalue weighted by Crippen LogP contribution is -2.01.